The van der Waals surface area contributed by atoms with Gasteiger partial charge in [-0.15, -0.1) is 0 Å². The van der Waals surface area contributed by atoms with Gasteiger partial charge in [0.15, 0.2) is 0 Å². The molecule has 3 rings (SSSR count). The van der Waals surface area contributed by atoms with Gasteiger partial charge in [-0.3, -0.25) is 0 Å². The number of aromatic nitrogens is 2. The van der Waals surface area contributed by atoms with Crippen LogP contribution in [0.3, 0.4) is 0 Å². The molecule has 0 fully saturated rings. The molecular formula is C18H18BrN3O2. The maximum atomic E-state index is 5.31. The molecule has 0 unspecified atom stereocenters. The van der Waals surface area contributed by atoms with Crippen LogP contribution in [-0.2, 0) is 6.42 Å². The second kappa shape index (κ2) is 7.49. The number of fused-ring (bicyclic) bond motifs is 1. The second-order valence-electron chi connectivity index (χ2n) is 5.23. The molecule has 1 N–H and O–H groups in total. The third-order valence-corrected chi connectivity index (χ3v) is 4.56. The summed E-state index contributed by atoms with van der Waals surface area (Å²) < 4.78 is 11.3. The monoisotopic (exact) mass is 387 g/mol. The van der Waals surface area contributed by atoms with Crippen LogP contribution in [0.25, 0.3) is 10.9 Å². The Labute approximate surface area is 149 Å². The van der Waals surface area contributed by atoms with Crippen LogP contribution >= 0.6 is 15.9 Å². The molecule has 1 aromatic heterocycles. The molecule has 6 heteroatoms. The van der Waals surface area contributed by atoms with E-state index >= 15 is 0 Å². The summed E-state index contributed by atoms with van der Waals surface area (Å²) in [5.41, 5.74) is 2.07. The van der Waals surface area contributed by atoms with Crippen molar-refractivity contribution < 1.29 is 9.47 Å². The fraction of sp³-hybridized carbons (Fsp3) is 0.222. The largest absolute Gasteiger partial charge is 0.497 e. The normalized spacial score (nSPS) is 10.6. The van der Waals surface area contributed by atoms with E-state index in [1.807, 2.05) is 24.3 Å². The number of ether oxygens (including phenoxy) is 2. The maximum Gasteiger partial charge on any atom is 0.137 e. The molecule has 0 spiro atoms. The highest BCUT2D eigenvalue weighted by atomic mass is 79.9. The van der Waals surface area contributed by atoms with Crippen LogP contribution in [0.15, 0.2) is 47.2 Å². The first-order chi connectivity index (χ1) is 11.7. The summed E-state index contributed by atoms with van der Waals surface area (Å²) in [7, 11) is 3.31. The third kappa shape index (κ3) is 3.43. The molecule has 124 valence electrons. The molecule has 0 amide bonds. The van der Waals surface area contributed by atoms with Crippen LogP contribution in [0, 0.1) is 0 Å². The van der Waals surface area contributed by atoms with Crippen LogP contribution < -0.4 is 14.8 Å². The van der Waals surface area contributed by atoms with Gasteiger partial charge in [0, 0.05) is 11.9 Å². The summed E-state index contributed by atoms with van der Waals surface area (Å²) in [6.07, 6.45) is 2.45. The lowest BCUT2D eigenvalue weighted by atomic mass is 10.1. The Morgan fingerprint density at radius 3 is 2.50 bits per heavy atom. The Morgan fingerprint density at radius 2 is 1.79 bits per heavy atom. The van der Waals surface area contributed by atoms with Crippen LogP contribution in [0.5, 0.6) is 11.5 Å². The number of nitrogens with zero attached hydrogens (tertiary/aromatic N) is 2. The molecular weight excluding hydrogens is 370 g/mol. The molecule has 24 heavy (non-hydrogen) atoms. The van der Waals surface area contributed by atoms with Gasteiger partial charge < -0.3 is 14.8 Å². The number of halogens is 1. The SMILES string of the molecule is COc1ccc(CCNc2ncnc3c(Br)c(OC)ccc23)cc1. The van der Waals surface area contributed by atoms with Gasteiger partial charge in [-0.05, 0) is 52.2 Å². The first kappa shape index (κ1) is 16.5. The van der Waals surface area contributed by atoms with Gasteiger partial charge in [-0.2, -0.15) is 0 Å². The Morgan fingerprint density at radius 1 is 1.00 bits per heavy atom. The smallest absolute Gasteiger partial charge is 0.137 e. The Bertz CT molecular complexity index is 838. The van der Waals surface area contributed by atoms with Gasteiger partial charge >= 0.3 is 0 Å². The van der Waals surface area contributed by atoms with Crippen molar-refractivity contribution in [3.8, 4) is 11.5 Å². The van der Waals surface area contributed by atoms with Crippen LogP contribution in [0.2, 0.25) is 0 Å². The highest BCUT2D eigenvalue weighted by Crippen LogP contribution is 2.33. The molecule has 5 nitrogen and oxygen atoms in total. The maximum absolute atomic E-state index is 5.31. The number of methoxy groups -OCH3 is 2. The Balaban J connectivity index is 1.74. The average molecular weight is 388 g/mol. The van der Waals surface area contributed by atoms with Gasteiger partial charge in [0.25, 0.3) is 0 Å². The van der Waals surface area contributed by atoms with Crippen molar-refractivity contribution >= 4 is 32.7 Å². The minimum atomic E-state index is 0.755. The summed E-state index contributed by atoms with van der Waals surface area (Å²) in [6.45, 7) is 0.780. The van der Waals surface area contributed by atoms with Crippen molar-refractivity contribution in [2.24, 2.45) is 0 Å². The van der Waals surface area contributed by atoms with E-state index < -0.39 is 0 Å². The predicted octanol–water partition coefficient (Wildman–Crippen LogP) is 4.06. The van der Waals surface area contributed by atoms with E-state index in [2.05, 4.69) is 43.3 Å². The topological polar surface area (TPSA) is 56.3 Å². The van der Waals surface area contributed by atoms with Crippen LogP contribution in [0.1, 0.15) is 5.56 Å². The first-order valence-electron chi connectivity index (χ1n) is 7.57. The van der Waals surface area contributed by atoms with E-state index in [0.717, 1.165) is 45.7 Å². The quantitative estimate of drug-likeness (QED) is 0.690. The molecule has 0 aliphatic rings. The number of nitrogens with one attached hydrogen (secondary N) is 1. The van der Waals surface area contributed by atoms with Gasteiger partial charge in [0.2, 0.25) is 0 Å². The van der Waals surface area contributed by atoms with Crippen molar-refractivity contribution in [2.45, 2.75) is 6.42 Å². The molecule has 0 saturated heterocycles. The summed E-state index contributed by atoms with van der Waals surface area (Å²) in [5.74, 6) is 2.44. The van der Waals surface area contributed by atoms with Gasteiger partial charge in [-0.1, -0.05) is 12.1 Å². The molecule has 0 bridgehead atoms. The fourth-order valence-electron chi connectivity index (χ4n) is 2.49. The van der Waals surface area contributed by atoms with Gasteiger partial charge in [-0.25, -0.2) is 9.97 Å². The van der Waals surface area contributed by atoms with E-state index in [9.17, 15) is 0 Å². The minimum absolute atomic E-state index is 0.755. The number of rotatable bonds is 6. The third-order valence-electron chi connectivity index (χ3n) is 3.79. The van der Waals surface area contributed by atoms with E-state index in [-0.39, 0.29) is 0 Å². The van der Waals surface area contributed by atoms with Crippen molar-refractivity contribution in [2.75, 3.05) is 26.1 Å². The van der Waals surface area contributed by atoms with E-state index in [1.54, 1.807) is 20.5 Å². The highest BCUT2D eigenvalue weighted by molar-refractivity contribution is 9.10. The number of benzene rings is 2. The van der Waals surface area contributed by atoms with Gasteiger partial charge in [0.05, 0.1) is 24.2 Å². The van der Waals surface area contributed by atoms with E-state index in [1.165, 1.54) is 5.56 Å². The van der Waals surface area contributed by atoms with Crippen molar-refractivity contribution in [3.63, 3.8) is 0 Å². The van der Waals surface area contributed by atoms with Crippen molar-refractivity contribution in [1.82, 2.24) is 9.97 Å². The lowest BCUT2D eigenvalue weighted by Crippen LogP contribution is -2.07. The Hall–Kier alpha value is -2.34. The molecule has 0 atom stereocenters. The van der Waals surface area contributed by atoms with Crippen molar-refractivity contribution in [1.29, 1.82) is 0 Å². The molecule has 2 aromatic carbocycles. The molecule has 0 radical (unpaired) electrons. The fourth-order valence-corrected chi connectivity index (χ4v) is 3.10. The highest BCUT2D eigenvalue weighted by Gasteiger charge is 2.10. The average Bonchev–Trinajstić information content (AvgIpc) is 2.63. The predicted molar refractivity (Wildman–Crippen MR) is 99.0 cm³/mol. The number of hydrogen-bond acceptors (Lipinski definition) is 5. The van der Waals surface area contributed by atoms with Crippen LogP contribution in [-0.4, -0.2) is 30.7 Å². The Kier molecular flexibility index (Phi) is 5.15. The first-order valence-corrected chi connectivity index (χ1v) is 8.36. The zero-order valence-corrected chi connectivity index (χ0v) is 15.1. The summed E-state index contributed by atoms with van der Waals surface area (Å²) in [6, 6.07) is 12.0. The molecule has 0 aliphatic carbocycles. The molecule has 1 heterocycles. The summed E-state index contributed by atoms with van der Waals surface area (Å²) in [5, 5.41) is 4.34. The zero-order chi connectivity index (χ0) is 16.9. The summed E-state index contributed by atoms with van der Waals surface area (Å²) >= 11 is 3.54. The minimum Gasteiger partial charge on any atom is -0.497 e. The number of hydrogen-bond donors (Lipinski definition) is 1. The molecule has 0 saturated carbocycles. The zero-order valence-electron chi connectivity index (χ0n) is 13.5. The van der Waals surface area contributed by atoms with Crippen molar-refractivity contribution in [3.05, 3.63) is 52.8 Å². The molecule has 3 aromatic rings. The lowest BCUT2D eigenvalue weighted by molar-refractivity contribution is 0.413. The van der Waals surface area contributed by atoms with E-state index in [0.29, 0.717) is 0 Å². The molecule has 0 aliphatic heterocycles. The summed E-state index contributed by atoms with van der Waals surface area (Å²) in [4.78, 5) is 8.70. The van der Waals surface area contributed by atoms with Gasteiger partial charge in [0.1, 0.15) is 23.6 Å². The number of anilines is 1. The second-order valence-corrected chi connectivity index (χ2v) is 6.02. The lowest BCUT2D eigenvalue weighted by Gasteiger charge is -2.11. The standard InChI is InChI=1S/C18H18BrN3O2/c1-23-13-5-3-12(4-6-13)9-10-20-18-14-7-8-15(24-2)16(19)17(14)21-11-22-18/h3-8,11H,9-10H2,1-2H3,(H,20,21,22). The van der Waals surface area contributed by atoms with E-state index in [4.69, 9.17) is 9.47 Å². The van der Waals surface area contributed by atoms with Crippen LogP contribution in [0.4, 0.5) is 5.82 Å².